The summed E-state index contributed by atoms with van der Waals surface area (Å²) in [5.41, 5.74) is 0. The maximum atomic E-state index is 10.4. The van der Waals surface area contributed by atoms with Crippen molar-refractivity contribution >= 4 is 22.8 Å². The Morgan fingerprint density at radius 1 is 1.77 bits per heavy atom. The van der Waals surface area contributed by atoms with E-state index in [0.29, 0.717) is 10.9 Å². The van der Waals surface area contributed by atoms with E-state index < -0.39 is 0 Å². The van der Waals surface area contributed by atoms with E-state index in [0.717, 1.165) is 17.8 Å². The van der Waals surface area contributed by atoms with Crippen molar-refractivity contribution in [1.82, 2.24) is 4.98 Å². The van der Waals surface area contributed by atoms with Crippen molar-refractivity contribution in [1.29, 1.82) is 0 Å². The van der Waals surface area contributed by atoms with Gasteiger partial charge in [0.15, 0.2) is 11.4 Å². The fourth-order valence-electron chi connectivity index (χ4n) is 0.957. The number of hydrogen-bond donors (Lipinski definition) is 0. The summed E-state index contributed by atoms with van der Waals surface area (Å²) in [5, 5.41) is 0.913. The third-order valence-corrected chi connectivity index (χ3v) is 3.19. The lowest BCUT2D eigenvalue weighted by molar-refractivity contribution is 0.112. The van der Waals surface area contributed by atoms with Gasteiger partial charge in [0.2, 0.25) is 0 Å². The number of carbonyl (C=O) groups is 1. The molecule has 0 aliphatic carbocycles. The minimum atomic E-state index is 0.464. The SMILES string of the molecule is CCC(C)N(C)c1ncc(C=O)s1. The standard InChI is InChI=1S/C9H14N2OS/c1-4-7(2)11(3)9-10-5-8(6-12)13-9/h5-7H,4H2,1-3H3. The summed E-state index contributed by atoms with van der Waals surface area (Å²) in [6.07, 6.45) is 3.53. The molecule has 0 saturated carbocycles. The Labute approximate surface area is 82.4 Å². The number of hydrogen-bond acceptors (Lipinski definition) is 4. The predicted octanol–water partition coefficient (Wildman–Crippen LogP) is 2.19. The quantitative estimate of drug-likeness (QED) is 0.695. The van der Waals surface area contributed by atoms with Gasteiger partial charge in [0, 0.05) is 13.1 Å². The van der Waals surface area contributed by atoms with E-state index in [2.05, 4.69) is 23.7 Å². The van der Waals surface area contributed by atoms with Crippen LogP contribution in [-0.4, -0.2) is 24.4 Å². The molecule has 1 heterocycles. The molecule has 0 fully saturated rings. The van der Waals surface area contributed by atoms with Crippen molar-refractivity contribution in [2.75, 3.05) is 11.9 Å². The Morgan fingerprint density at radius 2 is 2.46 bits per heavy atom. The second-order valence-electron chi connectivity index (χ2n) is 3.03. The fourth-order valence-corrected chi connectivity index (χ4v) is 1.75. The Morgan fingerprint density at radius 3 is 2.92 bits per heavy atom. The van der Waals surface area contributed by atoms with Crippen LogP contribution in [0.1, 0.15) is 29.9 Å². The van der Waals surface area contributed by atoms with Crippen molar-refractivity contribution in [2.24, 2.45) is 0 Å². The molecule has 0 saturated heterocycles. The molecular weight excluding hydrogens is 184 g/mol. The van der Waals surface area contributed by atoms with Gasteiger partial charge in [-0.3, -0.25) is 4.79 Å². The van der Waals surface area contributed by atoms with Crippen LogP contribution in [0.5, 0.6) is 0 Å². The molecule has 0 aliphatic heterocycles. The minimum absolute atomic E-state index is 0.464. The summed E-state index contributed by atoms with van der Waals surface area (Å²) in [6, 6.07) is 0.464. The predicted molar refractivity (Wildman–Crippen MR) is 55.7 cm³/mol. The fraction of sp³-hybridized carbons (Fsp3) is 0.556. The van der Waals surface area contributed by atoms with Gasteiger partial charge in [-0.1, -0.05) is 18.3 Å². The largest absolute Gasteiger partial charge is 0.348 e. The van der Waals surface area contributed by atoms with E-state index in [1.165, 1.54) is 11.3 Å². The van der Waals surface area contributed by atoms with Gasteiger partial charge < -0.3 is 4.90 Å². The Bertz CT molecular complexity index is 285. The maximum Gasteiger partial charge on any atom is 0.185 e. The van der Waals surface area contributed by atoms with E-state index in [9.17, 15) is 4.79 Å². The van der Waals surface area contributed by atoms with Gasteiger partial charge in [-0.05, 0) is 13.3 Å². The topological polar surface area (TPSA) is 33.2 Å². The van der Waals surface area contributed by atoms with E-state index in [1.54, 1.807) is 6.20 Å². The van der Waals surface area contributed by atoms with E-state index in [-0.39, 0.29) is 0 Å². The van der Waals surface area contributed by atoms with E-state index in [1.807, 2.05) is 7.05 Å². The van der Waals surface area contributed by atoms with E-state index >= 15 is 0 Å². The highest BCUT2D eigenvalue weighted by Crippen LogP contribution is 2.22. The van der Waals surface area contributed by atoms with Crippen LogP contribution in [0.4, 0.5) is 5.13 Å². The summed E-state index contributed by atoms with van der Waals surface area (Å²) in [4.78, 5) is 17.4. The number of anilines is 1. The van der Waals surface area contributed by atoms with E-state index in [4.69, 9.17) is 0 Å². The molecule has 13 heavy (non-hydrogen) atoms. The molecule has 72 valence electrons. The highest BCUT2D eigenvalue weighted by atomic mass is 32.1. The van der Waals surface area contributed by atoms with Crippen LogP contribution in [0.25, 0.3) is 0 Å². The smallest absolute Gasteiger partial charge is 0.185 e. The zero-order chi connectivity index (χ0) is 9.84. The van der Waals surface area contributed by atoms with Crippen molar-refractivity contribution in [3.05, 3.63) is 11.1 Å². The third kappa shape index (κ3) is 2.28. The number of rotatable bonds is 4. The number of nitrogens with zero attached hydrogens (tertiary/aromatic N) is 2. The minimum Gasteiger partial charge on any atom is -0.348 e. The van der Waals surface area contributed by atoms with Crippen LogP contribution in [0.2, 0.25) is 0 Å². The molecule has 0 bridgehead atoms. The normalized spacial score (nSPS) is 12.5. The van der Waals surface area contributed by atoms with Crippen molar-refractivity contribution < 1.29 is 4.79 Å². The first-order valence-electron chi connectivity index (χ1n) is 4.32. The summed E-state index contributed by atoms with van der Waals surface area (Å²) < 4.78 is 0. The molecule has 1 unspecified atom stereocenters. The molecule has 0 spiro atoms. The Kier molecular flexibility index (Phi) is 3.42. The average Bonchev–Trinajstić information content (AvgIpc) is 2.63. The second kappa shape index (κ2) is 4.37. The highest BCUT2D eigenvalue weighted by molar-refractivity contribution is 7.17. The molecule has 0 aromatic carbocycles. The maximum absolute atomic E-state index is 10.4. The zero-order valence-corrected chi connectivity index (χ0v) is 8.97. The molecule has 1 aromatic rings. The number of carbonyl (C=O) groups excluding carboxylic acids is 1. The molecule has 1 rings (SSSR count). The molecule has 3 nitrogen and oxygen atoms in total. The summed E-state index contributed by atoms with van der Waals surface area (Å²) in [7, 11) is 2.00. The molecule has 0 aliphatic rings. The van der Waals surface area contributed by atoms with Crippen LogP contribution in [-0.2, 0) is 0 Å². The molecular formula is C9H14N2OS. The summed E-state index contributed by atoms with van der Waals surface area (Å²) in [5.74, 6) is 0. The molecule has 1 atom stereocenters. The average molecular weight is 198 g/mol. The number of aldehydes is 1. The zero-order valence-electron chi connectivity index (χ0n) is 8.15. The van der Waals surface area contributed by atoms with Gasteiger partial charge in [0.25, 0.3) is 0 Å². The Hall–Kier alpha value is -0.900. The first-order chi connectivity index (χ1) is 6.19. The van der Waals surface area contributed by atoms with Crippen LogP contribution in [0, 0.1) is 0 Å². The van der Waals surface area contributed by atoms with Crippen molar-refractivity contribution in [2.45, 2.75) is 26.3 Å². The summed E-state index contributed by atoms with van der Waals surface area (Å²) >= 11 is 1.43. The van der Waals surface area contributed by atoms with Gasteiger partial charge in [-0.2, -0.15) is 0 Å². The first-order valence-corrected chi connectivity index (χ1v) is 5.14. The number of thiazole rings is 1. The molecule has 1 aromatic heterocycles. The lowest BCUT2D eigenvalue weighted by atomic mass is 10.2. The van der Waals surface area contributed by atoms with Crippen LogP contribution in [0.3, 0.4) is 0 Å². The van der Waals surface area contributed by atoms with Gasteiger partial charge in [-0.15, -0.1) is 0 Å². The van der Waals surface area contributed by atoms with Gasteiger partial charge in [-0.25, -0.2) is 4.98 Å². The van der Waals surface area contributed by atoms with Crippen molar-refractivity contribution in [3.8, 4) is 0 Å². The third-order valence-electron chi connectivity index (χ3n) is 2.18. The van der Waals surface area contributed by atoms with Crippen LogP contribution in [0.15, 0.2) is 6.20 Å². The molecule has 0 N–H and O–H groups in total. The van der Waals surface area contributed by atoms with Gasteiger partial charge in [0.05, 0.1) is 11.1 Å². The monoisotopic (exact) mass is 198 g/mol. The van der Waals surface area contributed by atoms with Crippen LogP contribution < -0.4 is 4.90 Å². The lowest BCUT2D eigenvalue weighted by Crippen LogP contribution is -2.27. The van der Waals surface area contributed by atoms with Gasteiger partial charge in [0.1, 0.15) is 0 Å². The highest BCUT2D eigenvalue weighted by Gasteiger charge is 2.11. The summed E-state index contributed by atoms with van der Waals surface area (Å²) in [6.45, 7) is 4.28. The first kappa shape index (κ1) is 10.2. The van der Waals surface area contributed by atoms with Crippen LogP contribution >= 0.6 is 11.3 Å². The lowest BCUT2D eigenvalue weighted by Gasteiger charge is -2.22. The molecule has 0 radical (unpaired) electrons. The molecule has 4 heteroatoms. The molecule has 0 amide bonds. The number of aromatic nitrogens is 1. The van der Waals surface area contributed by atoms with Crippen molar-refractivity contribution in [3.63, 3.8) is 0 Å². The second-order valence-corrected chi connectivity index (χ2v) is 4.07. The van der Waals surface area contributed by atoms with Gasteiger partial charge >= 0.3 is 0 Å². The Balaban J connectivity index is 2.76.